The number of amides is 1. The summed E-state index contributed by atoms with van der Waals surface area (Å²) in [6.07, 6.45) is 4.79. The number of sulfone groups is 1. The molecule has 0 aliphatic carbocycles. The minimum absolute atomic E-state index is 0.240. The lowest BCUT2D eigenvalue weighted by Crippen LogP contribution is -2.25. The summed E-state index contributed by atoms with van der Waals surface area (Å²) in [5.74, 6) is 0. The van der Waals surface area contributed by atoms with E-state index in [4.69, 9.17) is 0 Å². The van der Waals surface area contributed by atoms with Crippen LogP contribution in [-0.2, 0) is 14.6 Å². The molecule has 0 aliphatic rings. The van der Waals surface area contributed by atoms with Gasteiger partial charge in [-0.2, -0.15) is 0 Å². The lowest BCUT2D eigenvalue weighted by Gasteiger charge is -2.10. The molecule has 0 heterocycles. The smallest absolute Gasteiger partial charge is 0.207 e. The standard InChI is InChI=1S/C14H19NO3S/c1-2-3-7-13(15-12-16)10-11-19(17,18)14-8-5-4-6-9-14/h4-6,8-13H,2-3,7H2,1H3,(H,15,16)/b11-10+/t13-/m0/s1. The van der Waals surface area contributed by atoms with Crippen molar-refractivity contribution in [2.75, 3.05) is 0 Å². The van der Waals surface area contributed by atoms with Crippen LogP contribution in [0.25, 0.3) is 0 Å². The quantitative estimate of drug-likeness (QED) is 0.744. The predicted octanol–water partition coefficient (Wildman–Crippen LogP) is 2.28. The van der Waals surface area contributed by atoms with Crippen LogP contribution < -0.4 is 5.32 Å². The minimum Gasteiger partial charge on any atom is -0.352 e. The average Bonchev–Trinajstić information content (AvgIpc) is 2.43. The second-order valence-electron chi connectivity index (χ2n) is 4.22. The second-order valence-corrected chi connectivity index (χ2v) is 6.05. The third kappa shape index (κ3) is 5.26. The van der Waals surface area contributed by atoms with Gasteiger partial charge in [0.15, 0.2) is 9.84 Å². The second kappa shape index (κ2) is 7.74. The molecule has 0 fully saturated rings. The molecule has 19 heavy (non-hydrogen) atoms. The Balaban J connectivity index is 2.79. The maximum atomic E-state index is 12.0. The zero-order valence-corrected chi connectivity index (χ0v) is 11.8. The van der Waals surface area contributed by atoms with Crippen LogP contribution in [0, 0.1) is 0 Å². The number of carbonyl (C=O) groups is 1. The molecule has 0 saturated carbocycles. The summed E-state index contributed by atoms with van der Waals surface area (Å²) in [5.41, 5.74) is 0. The third-order valence-corrected chi connectivity index (χ3v) is 4.16. The summed E-state index contributed by atoms with van der Waals surface area (Å²) in [6, 6.07) is 7.98. The van der Waals surface area contributed by atoms with Gasteiger partial charge in [0, 0.05) is 11.4 Å². The number of nitrogens with one attached hydrogen (secondary N) is 1. The molecule has 104 valence electrons. The predicted molar refractivity (Wildman–Crippen MR) is 75.3 cm³/mol. The summed E-state index contributed by atoms with van der Waals surface area (Å²) in [4.78, 5) is 10.7. The first-order chi connectivity index (χ1) is 9.10. The van der Waals surface area contributed by atoms with Gasteiger partial charge in [-0.25, -0.2) is 8.42 Å². The molecular formula is C14H19NO3S. The van der Waals surface area contributed by atoms with Crippen LogP contribution in [-0.4, -0.2) is 20.9 Å². The summed E-state index contributed by atoms with van der Waals surface area (Å²) in [6.45, 7) is 2.04. The number of benzene rings is 1. The van der Waals surface area contributed by atoms with E-state index >= 15 is 0 Å². The first-order valence-corrected chi connectivity index (χ1v) is 7.83. The van der Waals surface area contributed by atoms with Crippen molar-refractivity contribution in [3.63, 3.8) is 0 Å². The Morgan fingerprint density at radius 3 is 2.53 bits per heavy atom. The van der Waals surface area contributed by atoms with E-state index in [1.165, 1.54) is 11.5 Å². The van der Waals surface area contributed by atoms with Crippen LogP contribution in [0.1, 0.15) is 26.2 Å². The molecule has 4 nitrogen and oxygen atoms in total. The summed E-state index contributed by atoms with van der Waals surface area (Å²) < 4.78 is 24.0. The molecule has 1 atom stereocenters. The van der Waals surface area contributed by atoms with Gasteiger partial charge in [-0.05, 0) is 18.6 Å². The number of rotatable bonds is 8. The van der Waals surface area contributed by atoms with Crippen molar-refractivity contribution in [1.29, 1.82) is 0 Å². The van der Waals surface area contributed by atoms with Crippen LogP contribution in [0.4, 0.5) is 0 Å². The molecule has 0 radical (unpaired) electrons. The van der Waals surface area contributed by atoms with Gasteiger partial charge in [0.1, 0.15) is 0 Å². The van der Waals surface area contributed by atoms with E-state index in [1.54, 1.807) is 30.3 Å². The van der Waals surface area contributed by atoms with Crippen molar-refractivity contribution < 1.29 is 13.2 Å². The van der Waals surface area contributed by atoms with Gasteiger partial charge in [0.2, 0.25) is 6.41 Å². The molecule has 0 unspecified atom stereocenters. The van der Waals surface area contributed by atoms with Gasteiger partial charge in [0.25, 0.3) is 0 Å². The fraction of sp³-hybridized carbons (Fsp3) is 0.357. The number of hydrogen-bond acceptors (Lipinski definition) is 3. The first kappa shape index (κ1) is 15.4. The Morgan fingerprint density at radius 1 is 1.26 bits per heavy atom. The molecule has 1 N–H and O–H groups in total. The highest BCUT2D eigenvalue weighted by molar-refractivity contribution is 7.94. The van der Waals surface area contributed by atoms with E-state index < -0.39 is 9.84 Å². The number of hydrogen-bond donors (Lipinski definition) is 1. The van der Waals surface area contributed by atoms with Crippen LogP contribution in [0.3, 0.4) is 0 Å². The van der Waals surface area contributed by atoms with E-state index in [1.807, 2.05) is 6.92 Å². The van der Waals surface area contributed by atoms with Crippen LogP contribution in [0.5, 0.6) is 0 Å². The Kier molecular flexibility index (Phi) is 6.29. The lowest BCUT2D eigenvalue weighted by atomic mass is 10.1. The summed E-state index contributed by atoms with van der Waals surface area (Å²) >= 11 is 0. The SMILES string of the molecule is CCCC[C@@H](/C=C/S(=O)(=O)c1ccccc1)NC=O. The van der Waals surface area contributed by atoms with E-state index in [-0.39, 0.29) is 10.9 Å². The number of unbranched alkanes of at least 4 members (excludes halogenated alkanes) is 1. The van der Waals surface area contributed by atoms with Gasteiger partial charge in [0.05, 0.1) is 4.90 Å². The van der Waals surface area contributed by atoms with Crippen molar-refractivity contribution in [1.82, 2.24) is 5.32 Å². The minimum atomic E-state index is -3.44. The topological polar surface area (TPSA) is 63.2 Å². The molecule has 5 heteroatoms. The van der Waals surface area contributed by atoms with Crippen molar-refractivity contribution in [2.24, 2.45) is 0 Å². The zero-order chi connectivity index (χ0) is 14.1. The molecule has 1 aromatic rings. The molecule has 1 aromatic carbocycles. The Hall–Kier alpha value is -1.62. The van der Waals surface area contributed by atoms with Gasteiger partial charge in [-0.1, -0.05) is 44.0 Å². The molecule has 1 rings (SSSR count). The van der Waals surface area contributed by atoms with E-state index in [0.717, 1.165) is 19.3 Å². The third-order valence-electron chi connectivity index (χ3n) is 2.71. The van der Waals surface area contributed by atoms with Gasteiger partial charge in [-0.3, -0.25) is 4.79 Å². The average molecular weight is 281 g/mol. The van der Waals surface area contributed by atoms with Gasteiger partial charge < -0.3 is 5.32 Å². The van der Waals surface area contributed by atoms with Gasteiger partial charge in [-0.15, -0.1) is 0 Å². The Morgan fingerprint density at radius 2 is 1.95 bits per heavy atom. The normalized spacial score (nSPS) is 13.3. The highest BCUT2D eigenvalue weighted by Gasteiger charge is 2.10. The van der Waals surface area contributed by atoms with Crippen molar-refractivity contribution >= 4 is 16.2 Å². The number of carbonyl (C=O) groups excluding carboxylic acids is 1. The summed E-state index contributed by atoms with van der Waals surface area (Å²) in [7, 11) is -3.44. The molecule has 1 amide bonds. The van der Waals surface area contributed by atoms with Crippen molar-refractivity contribution in [3.8, 4) is 0 Å². The highest BCUT2D eigenvalue weighted by atomic mass is 32.2. The van der Waals surface area contributed by atoms with Gasteiger partial charge >= 0.3 is 0 Å². The molecule has 0 spiro atoms. The monoisotopic (exact) mass is 281 g/mol. The molecule has 0 aromatic heterocycles. The largest absolute Gasteiger partial charge is 0.352 e. The molecule has 0 bridgehead atoms. The van der Waals surface area contributed by atoms with E-state index in [2.05, 4.69) is 5.32 Å². The first-order valence-electron chi connectivity index (χ1n) is 6.28. The fourth-order valence-electron chi connectivity index (χ4n) is 1.63. The maximum Gasteiger partial charge on any atom is 0.207 e. The van der Waals surface area contributed by atoms with E-state index in [9.17, 15) is 13.2 Å². The highest BCUT2D eigenvalue weighted by Crippen LogP contribution is 2.12. The molecular weight excluding hydrogens is 262 g/mol. The van der Waals surface area contributed by atoms with Crippen molar-refractivity contribution in [3.05, 3.63) is 41.8 Å². The molecule has 0 aliphatic heterocycles. The van der Waals surface area contributed by atoms with Crippen LogP contribution >= 0.6 is 0 Å². The van der Waals surface area contributed by atoms with Crippen molar-refractivity contribution in [2.45, 2.75) is 37.1 Å². The zero-order valence-electron chi connectivity index (χ0n) is 11.0. The van der Waals surface area contributed by atoms with Crippen LogP contribution in [0.15, 0.2) is 46.7 Å². The maximum absolute atomic E-state index is 12.0. The van der Waals surface area contributed by atoms with Crippen LogP contribution in [0.2, 0.25) is 0 Å². The van der Waals surface area contributed by atoms with E-state index in [0.29, 0.717) is 6.41 Å². The Labute approximate surface area is 114 Å². The lowest BCUT2D eigenvalue weighted by molar-refractivity contribution is -0.109. The Bertz CT molecular complexity index is 509. The fourth-order valence-corrected chi connectivity index (χ4v) is 2.72. The molecule has 0 saturated heterocycles. The summed E-state index contributed by atoms with van der Waals surface area (Å²) in [5, 5.41) is 3.78.